The van der Waals surface area contributed by atoms with Gasteiger partial charge in [0.2, 0.25) is 11.9 Å². The van der Waals surface area contributed by atoms with E-state index >= 15 is 0 Å². The highest BCUT2D eigenvalue weighted by molar-refractivity contribution is 5.80. The van der Waals surface area contributed by atoms with Crippen molar-refractivity contribution in [3.8, 4) is 0 Å². The van der Waals surface area contributed by atoms with Gasteiger partial charge in [-0.3, -0.25) is 4.57 Å². The number of likely N-dealkylation sites (N-methyl/N-ethyl adjacent to an activating group) is 1. The zero-order valence-electron chi connectivity index (χ0n) is 21.8. The quantitative estimate of drug-likeness (QED) is 0.345. The van der Waals surface area contributed by atoms with Crippen LogP contribution >= 0.6 is 0 Å². The van der Waals surface area contributed by atoms with Crippen LogP contribution in [0.15, 0.2) is 54.6 Å². The van der Waals surface area contributed by atoms with Gasteiger partial charge in [0.15, 0.2) is 5.65 Å². The van der Waals surface area contributed by atoms with Crippen molar-refractivity contribution >= 4 is 40.1 Å². The van der Waals surface area contributed by atoms with Crippen molar-refractivity contribution in [2.24, 2.45) is 0 Å². The SMILES string of the molecule is Cc1nc(Nc2ccc(N3CCN(C)CC3)cc2)nc2c1nc(Nc1ccccc1)n2C1CCCCC1. The topological polar surface area (TPSA) is 74.1 Å². The van der Waals surface area contributed by atoms with Gasteiger partial charge in [-0.15, -0.1) is 0 Å². The maximum absolute atomic E-state index is 5.01. The van der Waals surface area contributed by atoms with Gasteiger partial charge in [0, 0.05) is 49.3 Å². The summed E-state index contributed by atoms with van der Waals surface area (Å²) in [6.45, 7) is 6.35. The summed E-state index contributed by atoms with van der Waals surface area (Å²) in [5.41, 5.74) is 5.92. The summed E-state index contributed by atoms with van der Waals surface area (Å²) in [4.78, 5) is 19.6. The van der Waals surface area contributed by atoms with Crippen molar-refractivity contribution in [3.05, 3.63) is 60.3 Å². The summed E-state index contributed by atoms with van der Waals surface area (Å²) in [6, 6.07) is 19.3. The van der Waals surface area contributed by atoms with Gasteiger partial charge in [-0.1, -0.05) is 37.5 Å². The van der Waals surface area contributed by atoms with Crippen molar-refractivity contribution in [3.63, 3.8) is 0 Å². The molecule has 0 atom stereocenters. The number of imidazole rings is 1. The number of nitrogens with one attached hydrogen (secondary N) is 2. The Bertz CT molecular complexity index is 1330. The second kappa shape index (κ2) is 10.4. The molecule has 8 heteroatoms. The van der Waals surface area contributed by atoms with Crippen LogP contribution in [0.1, 0.15) is 43.8 Å². The third-order valence-corrected chi connectivity index (χ3v) is 7.68. The molecule has 6 rings (SSSR count). The molecular weight excluding hydrogens is 460 g/mol. The molecule has 0 amide bonds. The second-order valence-electron chi connectivity index (χ2n) is 10.4. The second-order valence-corrected chi connectivity index (χ2v) is 10.4. The number of aryl methyl sites for hydroxylation is 1. The summed E-state index contributed by atoms with van der Waals surface area (Å²) >= 11 is 0. The van der Waals surface area contributed by atoms with E-state index in [1.165, 1.54) is 24.9 Å². The molecule has 1 saturated carbocycles. The van der Waals surface area contributed by atoms with Gasteiger partial charge in [-0.05, 0) is 63.2 Å². The van der Waals surface area contributed by atoms with Gasteiger partial charge in [0.25, 0.3) is 0 Å². The standard InChI is InChI=1S/C29H36N8/c1-21-26-27(37(25-11-7-4-8-12-25)29(33-26)32-22-9-5-3-6-10-22)34-28(30-21)31-23-13-15-24(16-14-23)36-19-17-35(2)18-20-36/h3,5-6,9-10,13-16,25H,4,7-8,11-12,17-20H2,1-2H3,(H,32,33)(H,30,31,34). The van der Waals surface area contributed by atoms with Gasteiger partial charge in [-0.25, -0.2) is 9.97 Å². The molecule has 0 unspecified atom stereocenters. The van der Waals surface area contributed by atoms with Gasteiger partial charge in [0.05, 0.1) is 5.69 Å². The molecule has 192 valence electrons. The Labute approximate surface area is 218 Å². The highest BCUT2D eigenvalue weighted by Crippen LogP contribution is 2.35. The average molecular weight is 497 g/mol. The van der Waals surface area contributed by atoms with Crippen LogP contribution in [0.25, 0.3) is 11.2 Å². The molecule has 2 fully saturated rings. The fourth-order valence-corrected chi connectivity index (χ4v) is 5.54. The molecule has 4 aromatic rings. The van der Waals surface area contributed by atoms with E-state index < -0.39 is 0 Å². The molecule has 2 aliphatic rings. The smallest absolute Gasteiger partial charge is 0.229 e. The van der Waals surface area contributed by atoms with Crippen LogP contribution in [0, 0.1) is 6.92 Å². The van der Waals surface area contributed by atoms with Crippen LogP contribution in [0.3, 0.4) is 0 Å². The summed E-state index contributed by atoms with van der Waals surface area (Å²) in [6.07, 6.45) is 6.08. The van der Waals surface area contributed by atoms with Crippen LogP contribution in [0.2, 0.25) is 0 Å². The maximum Gasteiger partial charge on any atom is 0.229 e. The Kier molecular flexibility index (Phi) is 6.66. The van der Waals surface area contributed by atoms with Gasteiger partial charge in [-0.2, -0.15) is 4.98 Å². The zero-order chi connectivity index (χ0) is 25.2. The van der Waals surface area contributed by atoms with Crippen LogP contribution in [-0.2, 0) is 0 Å². The molecule has 2 aromatic carbocycles. The lowest BCUT2D eigenvalue weighted by molar-refractivity contribution is 0.313. The summed E-state index contributed by atoms with van der Waals surface area (Å²) in [5, 5.41) is 7.00. The van der Waals surface area contributed by atoms with Gasteiger partial charge < -0.3 is 20.4 Å². The fraction of sp³-hybridized carbons (Fsp3) is 0.414. The highest BCUT2D eigenvalue weighted by Gasteiger charge is 2.24. The molecule has 0 spiro atoms. The minimum absolute atomic E-state index is 0.384. The van der Waals surface area contributed by atoms with Crippen molar-refractivity contribution in [1.82, 2.24) is 24.4 Å². The first-order valence-corrected chi connectivity index (χ1v) is 13.5. The van der Waals surface area contributed by atoms with E-state index in [2.05, 4.69) is 68.4 Å². The first-order valence-electron chi connectivity index (χ1n) is 13.5. The van der Waals surface area contributed by atoms with E-state index in [9.17, 15) is 0 Å². The molecule has 8 nitrogen and oxygen atoms in total. The van der Waals surface area contributed by atoms with Crippen molar-refractivity contribution in [1.29, 1.82) is 0 Å². The van der Waals surface area contributed by atoms with Crippen molar-refractivity contribution < 1.29 is 0 Å². The van der Waals surface area contributed by atoms with E-state index in [1.54, 1.807) is 0 Å². The Balaban J connectivity index is 1.30. The average Bonchev–Trinajstić information content (AvgIpc) is 3.29. The van der Waals surface area contributed by atoms with Crippen LogP contribution in [0.5, 0.6) is 0 Å². The highest BCUT2D eigenvalue weighted by atomic mass is 15.3. The number of fused-ring (bicyclic) bond motifs is 1. The van der Waals surface area contributed by atoms with E-state index in [-0.39, 0.29) is 0 Å². The van der Waals surface area contributed by atoms with Crippen LogP contribution < -0.4 is 15.5 Å². The Hall–Kier alpha value is -3.65. The molecule has 0 radical (unpaired) electrons. The number of anilines is 5. The van der Waals surface area contributed by atoms with E-state index in [4.69, 9.17) is 15.0 Å². The lowest BCUT2D eigenvalue weighted by atomic mass is 9.95. The monoisotopic (exact) mass is 496 g/mol. The third-order valence-electron chi connectivity index (χ3n) is 7.68. The number of nitrogens with zero attached hydrogens (tertiary/aromatic N) is 6. The maximum atomic E-state index is 5.01. The summed E-state index contributed by atoms with van der Waals surface area (Å²) < 4.78 is 2.32. The summed E-state index contributed by atoms with van der Waals surface area (Å²) in [5.74, 6) is 1.46. The lowest BCUT2D eigenvalue weighted by Crippen LogP contribution is -2.44. The molecule has 1 saturated heterocycles. The first kappa shape index (κ1) is 23.7. The largest absolute Gasteiger partial charge is 0.369 e. The molecule has 1 aliphatic heterocycles. The normalized spacial score (nSPS) is 17.3. The van der Waals surface area contributed by atoms with E-state index in [0.29, 0.717) is 12.0 Å². The molecule has 2 aromatic heterocycles. The van der Waals surface area contributed by atoms with E-state index in [1.807, 2.05) is 25.1 Å². The number of rotatable bonds is 6. The van der Waals surface area contributed by atoms with Gasteiger partial charge >= 0.3 is 0 Å². The van der Waals surface area contributed by atoms with E-state index in [0.717, 1.165) is 73.2 Å². The molecule has 0 bridgehead atoms. The number of hydrogen-bond acceptors (Lipinski definition) is 7. The van der Waals surface area contributed by atoms with Crippen LogP contribution in [0.4, 0.5) is 29.0 Å². The third kappa shape index (κ3) is 5.11. The van der Waals surface area contributed by atoms with Crippen molar-refractivity contribution in [2.75, 3.05) is 48.8 Å². The number of hydrogen-bond donors (Lipinski definition) is 2. The van der Waals surface area contributed by atoms with Gasteiger partial charge in [0.1, 0.15) is 5.52 Å². The minimum Gasteiger partial charge on any atom is -0.369 e. The Morgan fingerprint density at radius 1 is 0.757 bits per heavy atom. The predicted molar refractivity (Wildman–Crippen MR) is 151 cm³/mol. The summed E-state index contributed by atoms with van der Waals surface area (Å²) in [7, 11) is 2.18. The van der Waals surface area contributed by atoms with Crippen molar-refractivity contribution in [2.45, 2.75) is 45.1 Å². The predicted octanol–water partition coefficient (Wildman–Crippen LogP) is 5.88. The molecular formula is C29H36N8. The number of benzene rings is 2. The zero-order valence-corrected chi connectivity index (χ0v) is 21.8. The fourth-order valence-electron chi connectivity index (χ4n) is 5.54. The van der Waals surface area contributed by atoms with Crippen LogP contribution in [-0.4, -0.2) is 57.6 Å². The first-order chi connectivity index (χ1) is 18.1. The molecule has 37 heavy (non-hydrogen) atoms. The molecule has 3 heterocycles. The number of aromatic nitrogens is 4. The number of para-hydroxylation sites is 1. The number of piperazine rings is 1. The molecule has 2 N–H and O–H groups in total. The Morgan fingerprint density at radius 3 is 2.19 bits per heavy atom. The minimum atomic E-state index is 0.384. The lowest BCUT2D eigenvalue weighted by Gasteiger charge is -2.34. The Morgan fingerprint density at radius 2 is 1.46 bits per heavy atom. The molecule has 1 aliphatic carbocycles.